The van der Waals surface area contributed by atoms with Gasteiger partial charge in [-0.25, -0.2) is 0 Å². The number of methoxy groups -OCH3 is 1. The van der Waals surface area contributed by atoms with Gasteiger partial charge in [-0.2, -0.15) is 0 Å². The summed E-state index contributed by atoms with van der Waals surface area (Å²) in [5.41, 5.74) is 0.642. The van der Waals surface area contributed by atoms with Crippen LogP contribution in [0, 0.1) is 0 Å². The van der Waals surface area contributed by atoms with Gasteiger partial charge in [0, 0.05) is 25.7 Å². The molecule has 0 amide bonds. The highest BCUT2D eigenvalue weighted by Crippen LogP contribution is 2.14. The Balaban J connectivity index is 1.80. The first-order valence-corrected chi connectivity index (χ1v) is 12.3. The SMILES string of the molecule is COCCCCCCCCCCCCCCCCCC(=O)CC(=O)c1ccccc1. The lowest BCUT2D eigenvalue weighted by Crippen LogP contribution is -2.07. The van der Waals surface area contributed by atoms with Crippen molar-refractivity contribution in [3.63, 3.8) is 0 Å². The molecule has 0 saturated carbocycles. The van der Waals surface area contributed by atoms with E-state index < -0.39 is 0 Å². The number of ether oxygens (including phenoxy) is 1. The Hall–Kier alpha value is -1.48. The Morgan fingerprint density at radius 3 is 1.53 bits per heavy atom. The Kier molecular flexibility index (Phi) is 17.2. The number of carbonyl (C=O) groups is 2. The molecule has 0 N–H and O–H groups in total. The third-order valence-electron chi connectivity index (χ3n) is 5.76. The zero-order valence-electron chi connectivity index (χ0n) is 19.3. The van der Waals surface area contributed by atoms with Gasteiger partial charge in [-0.15, -0.1) is 0 Å². The first kappa shape index (κ1) is 26.6. The fraction of sp³-hybridized carbons (Fsp3) is 0.704. The second-order valence-corrected chi connectivity index (χ2v) is 8.55. The molecule has 3 nitrogen and oxygen atoms in total. The Morgan fingerprint density at radius 2 is 1.07 bits per heavy atom. The average molecular weight is 417 g/mol. The lowest BCUT2D eigenvalue weighted by molar-refractivity contribution is -0.118. The van der Waals surface area contributed by atoms with E-state index in [0.717, 1.165) is 19.4 Å². The van der Waals surface area contributed by atoms with E-state index in [4.69, 9.17) is 4.74 Å². The quantitative estimate of drug-likeness (QED) is 0.117. The highest BCUT2D eigenvalue weighted by molar-refractivity contribution is 6.07. The molecule has 0 aliphatic carbocycles. The summed E-state index contributed by atoms with van der Waals surface area (Å²) in [6, 6.07) is 9.12. The molecule has 0 bridgehead atoms. The molecule has 0 unspecified atom stereocenters. The van der Waals surface area contributed by atoms with Crippen LogP contribution < -0.4 is 0 Å². The summed E-state index contributed by atoms with van der Waals surface area (Å²) in [4.78, 5) is 24.0. The average Bonchev–Trinajstić information content (AvgIpc) is 2.76. The van der Waals surface area contributed by atoms with Crippen LogP contribution in [0.25, 0.3) is 0 Å². The number of Topliss-reactive ketones (excluding diaryl/α,β-unsaturated/α-hetero) is 2. The van der Waals surface area contributed by atoms with Crippen molar-refractivity contribution in [3.05, 3.63) is 35.9 Å². The van der Waals surface area contributed by atoms with Gasteiger partial charge in [-0.05, 0) is 12.8 Å². The number of ketones is 2. The normalized spacial score (nSPS) is 11.0. The van der Waals surface area contributed by atoms with Crippen LogP contribution in [-0.2, 0) is 9.53 Å². The maximum atomic E-state index is 12.0. The van der Waals surface area contributed by atoms with Crippen LogP contribution in [0.2, 0.25) is 0 Å². The van der Waals surface area contributed by atoms with E-state index in [1.165, 1.54) is 83.5 Å². The van der Waals surface area contributed by atoms with E-state index in [1.807, 2.05) is 18.2 Å². The van der Waals surface area contributed by atoms with Crippen LogP contribution in [0.3, 0.4) is 0 Å². The van der Waals surface area contributed by atoms with E-state index in [-0.39, 0.29) is 18.0 Å². The number of benzene rings is 1. The standard InChI is InChI=1S/C27H44O3/c1-30-23-19-14-12-10-8-6-4-2-3-5-7-9-11-13-18-22-26(28)24-27(29)25-20-16-15-17-21-25/h15-17,20-21H,2-14,18-19,22-24H2,1H3. The fourth-order valence-electron chi connectivity index (χ4n) is 3.86. The third kappa shape index (κ3) is 15.4. The summed E-state index contributed by atoms with van der Waals surface area (Å²) >= 11 is 0. The maximum absolute atomic E-state index is 12.0. The first-order chi connectivity index (χ1) is 14.7. The van der Waals surface area contributed by atoms with Crippen LogP contribution in [0.1, 0.15) is 120 Å². The van der Waals surface area contributed by atoms with Crippen molar-refractivity contribution >= 4 is 11.6 Å². The number of carbonyl (C=O) groups excluding carboxylic acids is 2. The van der Waals surface area contributed by atoms with E-state index in [1.54, 1.807) is 19.2 Å². The molecule has 170 valence electrons. The molecule has 0 aliphatic heterocycles. The van der Waals surface area contributed by atoms with Crippen molar-refractivity contribution in [2.75, 3.05) is 13.7 Å². The zero-order chi connectivity index (χ0) is 21.7. The lowest BCUT2D eigenvalue weighted by Gasteiger charge is -2.04. The van der Waals surface area contributed by atoms with Crippen LogP contribution in [0.15, 0.2) is 30.3 Å². The summed E-state index contributed by atoms with van der Waals surface area (Å²) in [6.45, 7) is 0.911. The minimum absolute atomic E-state index is 0.0531. The second-order valence-electron chi connectivity index (χ2n) is 8.55. The van der Waals surface area contributed by atoms with Crippen LogP contribution in [0.5, 0.6) is 0 Å². The third-order valence-corrected chi connectivity index (χ3v) is 5.76. The molecule has 1 aromatic rings. The summed E-state index contributed by atoms with van der Waals surface area (Å²) < 4.78 is 5.07. The molecule has 3 heteroatoms. The molecule has 0 atom stereocenters. The molecule has 0 heterocycles. The topological polar surface area (TPSA) is 43.4 Å². The van der Waals surface area contributed by atoms with Crippen molar-refractivity contribution in [1.29, 1.82) is 0 Å². The summed E-state index contributed by atoms with van der Waals surface area (Å²) in [5, 5.41) is 0. The Morgan fingerprint density at radius 1 is 0.633 bits per heavy atom. The van der Waals surface area contributed by atoms with Crippen LogP contribution in [0.4, 0.5) is 0 Å². The van der Waals surface area contributed by atoms with Gasteiger partial charge in [-0.3, -0.25) is 9.59 Å². The molecule has 0 aliphatic rings. The van der Waals surface area contributed by atoms with Gasteiger partial charge in [0.25, 0.3) is 0 Å². The van der Waals surface area contributed by atoms with Gasteiger partial charge in [-0.1, -0.05) is 114 Å². The van der Waals surface area contributed by atoms with Crippen molar-refractivity contribution in [1.82, 2.24) is 0 Å². The summed E-state index contributed by atoms with van der Waals surface area (Å²) in [6.07, 6.45) is 20.0. The van der Waals surface area contributed by atoms with E-state index in [0.29, 0.717) is 12.0 Å². The maximum Gasteiger partial charge on any atom is 0.170 e. The highest BCUT2D eigenvalue weighted by Gasteiger charge is 2.10. The monoisotopic (exact) mass is 416 g/mol. The summed E-state index contributed by atoms with van der Waals surface area (Å²) in [5.74, 6) is 0.0292. The fourth-order valence-corrected chi connectivity index (χ4v) is 3.86. The van der Waals surface area contributed by atoms with Gasteiger partial charge in [0.15, 0.2) is 5.78 Å². The van der Waals surface area contributed by atoms with Gasteiger partial charge < -0.3 is 4.74 Å². The van der Waals surface area contributed by atoms with Gasteiger partial charge in [0.2, 0.25) is 0 Å². The predicted octanol–water partition coefficient (Wildman–Crippen LogP) is 7.72. The van der Waals surface area contributed by atoms with Crippen molar-refractivity contribution in [2.24, 2.45) is 0 Å². The number of hydrogen-bond acceptors (Lipinski definition) is 3. The molecule has 0 radical (unpaired) electrons. The largest absolute Gasteiger partial charge is 0.385 e. The zero-order valence-corrected chi connectivity index (χ0v) is 19.3. The molecule has 0 saturated heterocycles. The molecular formula is C27H44O3. The highest BCUT2D eigenvalue weighted by atomic mass is 16.5. The minimum atomic E-state index is -0.0531. The Bertz CT molecular complexity index is 538. The number of hydrogen-bond donors (Lipinski definition) is 0. The first-order valence-electron chi connectivity index (χ1n) is 12.3. The van der Waals surface area contributed by atoms with E-state index in [9.17, 15) is 9.59 Å². The van der Waals surface area contributed by atoms with Gasteiger partial charge in [0.1, 0.15) is 5.78 Å². The smallest absolute Gasteiger partial charge is 0.170 e. The Labute approximate surface area is 185 Å². The van der Waals surface area contributed by atoms with Crippen molar-refractivity contribution in [2.45, 2.75) is 109 Å². The predicted molar refractivity (Wildman–Crippen MR) is 126 cm³/mol. The number of unbranched alkanes of at least 4 members (excludes halogenated alkanes) is 14. The second kappa shape index (κ2) is 19.5. The van der Waals surface area contributed by atoms with Gasteiger partial charge >= 0.3 is 0 Å². The van der Waals surface area contributed by atoms with Crippen LogP contribution in [-0.4, -0.2) is 25.3 Å². The molecule has 1 rings (SSSR count). The molecule has 0 spiro atoms. The lowest BCUT2D eigenvalue weighted by atomic mass is 10.0. The van der Waals surface area contributed by atoms with E-state index >= 15 is 0 Å². The number of rotatable bonds is 21. The van der Waals surface area contributed by atoms with Crippen LogP contribution >= 0.6 is 0 Å². The van der Waals surface area contributed by atoms with E-state index in [2.05, 4.69) is 0 Å². The molecule has 1 aromatic carbocycles. The molecule has 0 aromatic heterocycles. The summed E-state index contributed by atoms with van der Waals surface area (Å²) in [7, 11) is 1.78. The van der Waals surface area contributed by atoms with Gasteiger partial charge in [0.05, 0.1) is 6.42 Å². The van der Waals surface area contributed by atoms with Crippen molar-refractivity contribution in [3.8, 4) is 0 Å². The molecule has 30 heavy (non-hydrogen) atoms. The van der Waals surface area contributed by atoms with Crippen molar-refractivity contribution < 1.29 is 14.3 Å². The molecule has 0 fully saturated rings. The molecular weight excluding hydrogens is 372 g/mol. The minimum Gasteiger partial charge on any atom is -0.385 e.